The van der Waals surface area contributed by atoms with Crippen molar-refractivity contribution in [2.45, 2.75) is 22.7 Å². The van der Waals surface area contributed by atoms with E-state index in [2.05, 4.69) is 26.2 Å². The first-order valence-corrected chi connectivity index (χ1v) is 10.7. The van der Waals surface area contributed by atoms with Crippen LogP contribution in [-0.4, -0.2) is 10.9 Å². The smallest absolute Gasteiger partial charge is 0.326 e. The number of alkyl halides is 3. The van der Waals surface area contributed by atoms with Crippen LogP contribution in [-0.2, 0) is 23.1 Å². The van der Waals surface area contributed by atoms with Crippen molar-refractivity contribution in [1.29, 1.82) is 0 Å². The number of carbonyl (C=O) groups excluding carboxylic acids is 1. The predicted molar refractivity (Wildman–Crippen MR) is 110 cm³/mol. The first-order valence-electron chi connectivity index (χ1n) is 8.08. The number of hydrogen-bond donors (Lipinski definition) is 1. The van der Waals surface area contributed by atoms with Gasteiger partial charge in [0.05, 0.1) is 17.7 Å². The van der Waals surface area contributed by atoms with Gasteiger partial charge in [-0.25, -0.2) is 4.98 Å². The number of nitrogens with zero attached hydrogens (tertiary/aromatic N) is 1. The van der Waals surface area contributed by atoms with Gasteiger partial charge in [0.2, 0.25) is 5.91 Å². The van der Waals surface area contributed by atoms with Gasteiger partial charge in [-0.1, -0.05) is 39.8 Å². The van der Waals surface area contributed by atoms with E-state index in [0.717, 1.165) is 26.7 Å². The van der Waals surface area contributed by atoms with Gasteiger partial charge in [0.15, 0.2) is 0 Å². The van der Waals surface area contributed by atoms with Crippen molar-refractivity contribution in [2.75, 3.05) is 5.32 Å². The second-order valence-electron chi connectivity index (χ2n) is 5.82. The molecular weight excluding hydrogens is 473 g/mol. The fraction of sp³-hybridized carbons (Fsp3) is 0.158. The topological polar surface area (TPSA) is 42.0 Å². The highest BCUT2D eigenvalue weighted by Crippen LogP contribution is 2.30. The molecule has 0 fully saturated rings. The summed E-state index contributed by atoms with van der Waals surface area (Å²) in [5.41, 5.74) is 1.37. The maximum atomic E-state index is 12.6. The number of benzene rings is 2. The molecule has 3 rings (SSSR count). The van der Waals surface area contributed by atoms with Crippen LogP contribution < -0.4 is 5.32 Å². The Hall–Kier alpha value is -1.84. The van der Waals surface area contributed by atoms with Gasteiger partial charge < -0.3 is 5.32 Å². The van der Waals surface area contributed by atoms with Crippen LogP contribution in [0.2, 0.25) is 0 Å². The van der Waals surface area contributed by atoms with E-state index < -0.39 is 11.7 Å². The largest absolute Gasteiger partial charge is 0.416 e. The molecule has 0 aliphatic heterocycles. The highest BCUT2D eigenvalue weighted by Gasteiger charge is 2.29. The third-order valence-corrected chi connectivity index (χ3v) is 6.31. The lowest BCUT2D eigenvalue weighted by molar-refractivity contribution is -0.137. The van der Waals surface area contributed by atoms with E-state index in [-0.39, 0.29) is 12.3 Å². The summed E-state index contributed by atoms with van der Waals surface area (Å²) < 4.78 is 39.6. The fourth-order valence-corrected chi connectivity index (χ4v) is 4.34. The molecule has 0 saturated carbocycles. The van der Waals surface area contributed by atoms with E-state index >= 15 is 0 Å². The molecule has 146 valence electrons. The summed E-state index contributed by atoms with van der Waals surface area (Å²) in [5.74, 6) is 0.451. The molecule has 3 aromatic rings. The maximum Gasteiger partial charge on any atom is 0.416 e. The molecule has 0 spiro atoms. The zero-order valence-electron chi connectivity index (χ0n) is 14.3. The van der Waals surface area contributed by atoms with Crippen molar-refractivity contribution in [3.05, 3.63) is 75.2 Å². The predicted octanol–water partition coefficient (Wildman–Crippen LogP) is 6.40. The number of thioether (sulfide) groups is 1. The molecule has 0 atom stereocenters. The first-order chi connectivity index (χ1) is 13.3. The zero-order valence-corrected chi connectivity index (χ0v) is 17.5. The van der Waals surface area contributed by atoms with Crippen LogP contribution in [0.25, 0.3) is 0 Å². The minimum Gasteiger partial charge on any atom is -0.326 e. The molecule has 2 aromatic carbocycles. The highest BCUT2D eigenvalue weighted by atomic mass is 79.9. The Balaban J connectivity index is 1.51. The van der Waals surface area contributed by atoms with E-state index in [1.54, 1.807) is 11.8 Å². The standard InChI is InChI=1S/C19H14BrF3N2OS2/c20-14-5-1-12(2-6-14)10-27-18-25-16(11-28-18)9-17(26)24-15-7-3-13(4-8-15)19(21,22)23/h1-8,11H,9-10H2,(H,24,26). The van der Waals surface area contributed by atoms with E-state index in [0.29, 0.717) is 11.4 Å². The van der Waals surface area contributed by atoms with Crippen LogP contribution in [0.5, 0.6) is 0 Å². The summed E-state index contributed by atoms with van der Waals surface area (Å²) in [7, 11) is 0. The number of rotatable bonds is 6. The molecule has 1 amide bonds. The molecule has 1 N–H and O–H groups in total. The van der Waals surface area contributed by atoms with Gasteiger partial charge in [0.1, 0.15) is 4.34 Å². The van der Waals surface area contributed by atoms with Crippen molar-refractivity contribution in [3.63, 3.8) is 0 Å². The number of nitrogens with one attached hydrogen (secondary N) is 1. The molecule has 28 heavy (non-hydrogen) atoms. The Kier molecular flexibility index (Phi) is 6.79. The fourth-order valence-electron chi connectivity index (χ4n) is 2.27. The number of aromatic nitrogens is 1. The summed E-state index contributed by atoms with van der Waals surface area (Å²) in [6.07, 6.45) is -4.33. The minimum atomic E-state index is -4.40. The summed E-state index contributed by atoms with van der Waals surface area (Å²) >= 11 is 6.45. The summed E-state index contributed by atoms with van der Waals surface area (Å²) in [5, 5.41) is 4.40. The average Bonchev–Trinajstić information content (AvgIpc) is 3.08. The third-order valence-electron chi connectivity index (χ3n) is 3.64. The van der Waals surface area contributed by atoms with Crippen molar-refractivity contribution >= 4 is 50.6 Å². The van der Waals surface area contributed by atoms with E-state index in [4.69, 9.17) is 0 Å². The average molecular weight is 487 g/mol. The van der Waals surface area contributed by atoms with Crippen molar-refractivity contribution < 1.29 is 18.0 Å². The summed E-state index contributed by atoms with van der Waals surface area (Å²) in [4.78, 5) is 16.5. The van der Waals surface area contributed by atoms with E-state index in [9.17, 15) is 18.0 Å². The SMILES string of the molecule is O=C(Cc1csc(SCc2ccc(Br)cc2)n1)Nc1ccc(C(F)(F)F)cc1. The van der Waals surface area contributed by atoms with E-state index in [1.807, 2.05) is 29.6 Å². The number of thiazole rings is 1. The zero-order chi connectivity index (χ0) is 20.1. The van der Waals surface area contributed by atoms with Crippen LogP contribution in [0, 0.1) is 0 Å². The summed E-state index contributed by atoms with van der Waals surface area (Å²) in [6, 6.07) is 12.4. The number of halogens is 4. The monoisotopic (exact) mass is 486 g/mol. The Morgan fingerprint density at radius 2 is 1.79 bits per heavy atom. The molecule has 0 aliphatic rings. The molecule has 1 heterocycles. The number of amides is 1. The molecule has 1 aromatic heterocycles. The third kappa shape index (κ3) is 6.08. The van der Waals surface area contributed by atoms with Gasteiger partial charge >= 0.3 is 6.18 Å². The Morgan fingerprint density at radius 1 is 1.11 bits per heavy atom. The maximum absolute atomic E-state index is 12.6. The molecule has 0 unspecified atom stereocenters. The molecule has 9 heteroatoms. The lowest BCUT2D eigenvalue weighted by Crippen LogP contribution is -2.15. The minimum absolute atomic E-state index is 0.0658. The van der Waals surface area contributed by atoms with Gasteiger partial charge in [-0.05, 0) is 42.0 Å². The molecular formula is C19H14BrF3N2OS2. The molecule has 0 bridgehead atoms. The number of carbonyl (C=O) groups is 1. The van der Waals surface area contributed by atoms with Crippen LogP contribution in [0.1, 0.15) is 16.8 Å². The quantitative estimate of drug-likeness (QED) is 0.410. The molecule has 0 radical (unpaired) electrons. The van der Waals surface area contributed by atoms with Gasteiger partial charge in [-0.15, -0.1) is 11.3 Å². The second-order valence-corrected chi connectivity index (χ2v) is 8.82. The van der Waals surface area contributed by atoms with Crippen LogP contribution in [0.4, 0.5) is 18.9 Å². The Bertz CT molecular complexity index is 941. The number of anilines is 1. The van der Waals surface area contributed by atoms with Crippen LogP contribution in [0.3, 0.4) is 0 Å². The van der Waals surface area contributed by atoms with Gasteiger partial charge in [-0.2, -0.15) is 13.2 Å². The molecule has 3 nitrogen and oxygen atoms in total. The van der Waals surface area contributed by atoms with Crippen LogP contribution in [0.15, 0.2) is 62.7 Å². The van der Waals surface area contributed by atoms with Crippen molar-refractivity contribution in [3.8, 4) is 0 Å². The second kappa shape index (κ2) is 9.11. The normalized spacial score (nSPS) is 11.4. The lowest BCUT2D eigenvalue weighted by atomic mass is 10.2. The highest BCUT2D eigenvalue weighted by molar-refractivity contribution is 9.10. The van der Waals surface area contributed by atoms with Gasteiger partial charge in [-0.3, -0.25) is 4.79 Å². The molecule has 0 aliphatic carbocycles. The Labute approximate surface area is 176 Å². The molecule has 0 saturated heterocycles. The van der Waals surface area contributed by atoms with Crippen molar-refractivity contribution in [2.24, 2.45) is 0 Å². The van der Waals surface area contributed by atoms with Gasteiger partial charge in [0.25, 0.3) is 0 Å². The van der Waals surface area contributed by atoms with Crippen molar-refractivity contribution in [1.82, 2.24) is 4.98 Å². The van der Waals surface area contributed by atoms with E-state index in [1.165, 1.54) is 29.0 Å². The first kappa shape index (κ1) is 20.9. The summed E-state index contributed by atoms with van der Waals surface area (Å²) in [6.45, 7) is 0. The lowest BCUT2D eigenvalue weighted by Gasteiger charge is -2.08. The van der Waals surface area contributed by atoms with Crippen LogP contribution >= 0.6 is 39.0 Å². The number of hydrogen-bond acceptors (Lipinski definition) is 4. The van der Waals surface area contributed by atoms with Gasteiger partial charge in [0, 0.05) is 21.3 Å². The Morgan fingerprint density at radius 3 is 2.43 bits per heavy atom.